The van der Waals surface area contributed by atoms with E-state index in [1.54, 1.807) is 4.90 Å². The number of piperazine rings is 1. The molecule has 28 heavy (non-hydrogen) atoms. The first-order chi connectivity index (χ1) is 13.7. The molecule has 2 aromatic rings. The van der Waals surface area contributed by atoms with Gasteiger partial charge in [-0.05, 0) is 35.4 Å². The lowest BCUT2D eigenvalue weighted by molar-refractivity contribution is -0.917. The van der Waals surface area contributed by atoms with Crippen LogP contribution in [0.25, 0.3) is 6.08 Å². The Morgan fingerprint density at radius 1 is 1.04 bits per heavy atom. The van der Waals surface area contributed by atoms with Crippen molar-refractivity contribution in [3.05, 3.63) is 76.2 Å². The molecule has 0 spiro atoms. The average Bonchev–Trinajstić information content (AvgIpc) is 3.10. The molecule has 2 aromatic carbocycles. The fourth-order valence-corrected chi connectivity index (χ4v) is 4.57. The highest BCUT2D eigenvalue weighted by atomic mass is 32.2. The number of thioether (sulfide) groups is 1. The molecular formula is C23H26N3OS+. The summed E-state index contributed by atoms with van der Waals surface area (Å²) in [5.41, 5.74) is 3.75. The summed E-state index contributed by atoms with van der Waals surface area (Å²) in [7, 11) is 0. The molecule has 0 radical (unpaired) electrons. The molecule has 4 nitrogen and oxygen atoms in total. The highest BCUT2D eigenvalue weighted by molar-refractivity contribution is 8.18. The molecule has 1 fully saturated rings. The van der Waals surface area contributed by atoms with E-state index in [1.807, 2.05) is 6.08 Å². The summed E-state index contributed by atoms with van der Waals surface area (Å²) in [5, 5.41) is 0.861. The molecule has 1 saturated heterocycles. The molecule has 1 amide bonds. The standard InChI is InChI=1S/C23H25N3OS/c1-2-18-8-10-19(11-9-18)16-21-22(27)24-23(28-21)26-14-12-25(13-15-26)17-20-6-4-3-5-7-20/h3-11,16H,2,12-15,17H2,1H3/p+1/b21-16-. The highest BCUT2D eigenvalue weighted by Crippen LogP contribution is 2.30. The summed E-state index contributed by atoms with van der Waals surface area (Å²) < 4.78 is 0. The number of amides is 1. The lowest BCUT2D eigenvalue weighted by Gasteiger charge is -2.32. The maximum atomic E-state index is 12.4. The van der Waals surface area contributed by atoms with Crippen LogP contribution < -0.4 is 4.90 Å². The first kappa shape index (κ1) is 19.0. The molecule has 144 valence electrons. The molecule has 0 unspecified atom stereocenters. The van der Waals surface area contributed by atoms with Crippen molar-refractivity contribution in [1.29, 1.82) is 0 Å². The molecule has 0 aliphatic carbocycles. The van der Waals surface area contributed by atoms with E-state index >= 15 is 0 Å². The van der Waals surface area contributed by atoms with Crippen LogP contribution in [0.3, 0.4) is 0 Å². The van der Waals surface area contributed by atoms with Gasteiger partial charge in [-0.15, -0.1) is 0 Å². The first-order valence-corrected chi connectivity index (χ1v) is 10.8. The predicted molar refractivity (Wildman–Crippen MR) is 116 cm³/mol. The number of carbonyl (C=O) groups excluding carboxylic acids is 1. The molecule has 0 bridgehead atoms. The van der Waals surface area contributed by atoms with Crippen molar-refractivity contribution in [3.63, 3.8) is 0 Å². The molecule has 2 heterocycles. The van der Waals surface area contributed by atoms with Crippen LogP contribution in [0.2, 0.25) is 0 Å². The van der Waals surface area contributed by atoms with Crippen molar-refractivity contribution in [2.75, 3.05) is 26.2 Å². The summed E-state index contributed by atoms with van der Waals surface area (Å²) in [5.74, 6) is -0.112. The summed E-state index contributed by atoms with van der Waals surface area (Å²) >= 11 is 1.51. The number of aryl methyl sites for hydroxylation is 1. The second-order valence-corrected chi connectivity index (χ2v) is 8.31. The Balaban J connectivity index is 1.34. The Morgan fingerprint density at radius 3 is 2.43 bits per heavy atom. The third-order valence-electron chi connectivity index (χ3n) is 5.33. The van der Waals surface area contributed by atoms with E-state index in [9.17, 15) is 4.79 Å². The number of quaternary nitrogens is 1. The summed E-state index contributed by atoms with van der Waals surface area (Å²) in [6, 6.07) is 19.0. The molecule has 5 heteroatoms. The van der Waals surface area contributed by atoms with E-state index < -0.39 is 0 Å². The average molecular weight is 393 g/mol. The van der Waals surface area contributed by atoms with E-state index in [-0.39, 0.29) is 5.91 Å². The Labute approximate surface area is 171 Å². The van der Waals surface area contributed by atoms with Crippen LogP contribution in [0.5, 0.6) is 0 Å². The third kappa shape index (κ3) is 4.54. The number of nitrogens with one attached hydrogen (secondary N) is 1. The molecule has 2 aliphatic rings. The SMILES string of the molecule is CCc1ccc(/C=C2\SC(N3CC[NH+](Cc4ccccc4)CC3)=NC2=O)cc1. The van der Waals surface area contributed by atoms with Crippen LogP contribution in [0.15, 0.2) is 64.5 Å². The fraction of sp³-hybridized carbons (Fsp3) is 0.304. The van der Waals surface area contributed by atoms with Gasteiger partial charge in [-0.3, -0.25) is 4.79 Å². The minimum Gasteiger partial charge on any atom is -0.339 e. The van der Waals surface area contributed by atoms with Crippen LogP contribution in [-0.4, -0.2) is 42.2 Å². The van der Waals surface area contributed by atoms with Gasteiger partial charge in [0.25, 0.3) is 5.91 Å². The Morgan fingerprint density at radius 2 is 1.75 bits per heavy atom. The number of benzene rings is 2. The Kier molecular flexibility index (Phi) is 5.93. The number of nitrogens with zero attached hydrogens (tertiary/aromatic N) is 2. The normalized spacial score (nSPS) is 19.3. The van der Waals surface area contributed by atoms with Gasteiger partial charge in [0.05, 0.1) is 31.1 Å². The summed E-state index contributed by atoms with van der Waals surface area (Å²) in [6.07, 6.45) is 2.98. The van der Waals surface area contributed by atoms with Crippen LogP contribution in [0, 0.1) is 0 Å². The zero-order valence-corrected chi connectivity index (χ0v) is 17.0. The maximum absolute atomic E-state index is 12.4. The molecule has 1 N–H and O–H groups in total. The van der Waals surface area contributed by atoms with Crippen LogP contribution >= 0.6 is 11.8 Å². The fourth-order valence-electron chi connectivity index (χ4n) is 3.61. The topological polar surface area (TPSA) is 37.1 Å². The molecule has 4 rings (SSSR count). The monoisotopic (exact) mass is 392 g/mol. The van der Waals surface area contributed by atoms with E-state index in [2.05, 4.69) is 71.4 Å². The van der Waals surface area contributed by atoms with Gasteiger partial charge in [0.2, 0.25) is 0 Å². The van der Waals surface area contributed by atoms with E-state index in [1.165, 1.54) is 22.9 Å². The molecule has 0 atom stereocenters. The zero-order chi connectivity index (χ0) is 19.3. The third-order valence-corrected chi connectivity index (χ3v) is 6.38. The smallest absolute Gasteiger partial charge is 0.286 e. The zero-order valence-electron chi connectivity index (χ0n) is 16.2. The minimum absolute atomic E-state index is 0.112. The number of carbonyl (C=O) groups is 1. The van der Waals surface area contributed by atoms with Gasteiger partial charge in [-0.1, -0.05) is 61.5 Å². The van der Waals surface area contributed by atoms with Crippen LogP contribution in [0.1, 0.15) is 23.6 Å². The number of rotatable bonds is 4. The number of hydrogen-bond acceptors (Lipinski definition) is 3. The molecular weight excluding hydrogens is 366 g/mol. The highest BCUT2D eigenvalue weighted by Gasteiger charge is 2.29. The van der Waals surface area contributed by atoms with Gasteiger partial charge in [-0.2, -0.15) is 4.99 Å². The number of aliphatic imine (C=N–C) groups is 1. The van der Waals surface area contributed by atoms with Gasteiger partial charge in [0.15, 0.2) is 5.17 Å². The van der Waals surface area contributed by atoms with Gasteiger partial charge in [0, 0.05) is 5.56 Å². The summed E-state index contributed by atoms with van der Waals surface area (Å²) in [4.78, 5) is 21.2. The maximum Gasteiger partial charge on any atom is 0.286 e. The molecule has 2 aliphatic heterocycles. The Bertz CT molecular complexity index is 882. The second-order valence-electron chi connectivity index (χ2n) is 7.30. The largest absolute Gasteiger partial charge is 0.339 e. The van der Waals surface area contributed by atoms with Gasteiger partial charge < -0.3 is 9.80 Å². The van der Waals surface area contributed by atoms with Crippen LogP contribution in [-0.2, 0) is 17.8 Å². The van der Waals surface area contributed by atoms with Crippen molar-refractivity contribution in [1.82, 2.24) is 4.90 Å². The van der Waals surface area contributed by atoms with Crippen LogP contribution in [0.4, 0.5) is 0 Å². The molecule has 0 aromatic heterocycles. The van der Waals surface area contributed by atoms with Crippen molar-refractivity contribution < 1.29 is 9.69 Å². The van der Waals surface area contributed by atoms with Crippen molar-refractivity contribution >= 4 is 28.9 Å². The molecule has 0 saturated carbocycles. The minimum atomic E-state index is -0.112. The number of amidine groups is 1. The van der Waals surface area contributed by atoms with E-state index in [4.69, 9.17) is 0 Å². The van der Waals surface area contributed by atoms with Crippen molar-refractivity contribution in [2.24, 2.45) is 4.99 Å². The van der Waals surface area contributed by atoms with Crippen molar-refractivity contribution in [3.8, 4) is 0 Å². The van der Waals surface area contributed by atoms with E-state index in [0.29, 0.717) is 0 Å². The summed E-state index contributed by atoms with van der Waals surface area (Å²) in [6.45, 7) is 7.23. The predicted octanol–water partition coefficient (Wildman–Crippen LogP) is 2.62. The van der Waals surface area contributed by atoms with Crippen molar-refractivity contribution in [2.45, 2.75) is 19.9 Å². The first-order valence-electron chi connectivity index (χ1n) is 9.95. The number of hydrogen-bond donors (Lipinski definition) is 1. The lowest BCUT2D eigenvalue weighted by Crippen LogP contribution is -3.13. The van der Waals surface area contributed by atoms with Gasteiger partial charge >= 0.3 is 0 Å². The second kappa shape index (κ2) is 8.76. The van der Waals surface area contributed by atoms with Gasteiger partial charge in [-0.25, -0.2) is 0 Å². The quantitative estimate of drug-likeness (QED) is 0.813. The Hall–Kier alpha value is -2.37. The van der Waals surface area contributed by atoms with Gasteiger partial charge in [0.1, 0.15) is 6.54 Å². The lowest BCUT2D eigenvalue weighted by atomic mass is 10.1. The van der Waals surface area contributed by atoms with E-state index in [0.717, 1.165) is 54.8 Å².